The first-order chi connectivity index (χ1) is 17.0. The van der Waals surface area contributed by atoms with E-state index in [9.17, 15) is 20.4 Å². The fraction of sp³-hybridized carbons (Fsp3) is 0.935. The summed E-state index contributed by atoms with van der Waals surface area (Å²) in [5, 5.41) is 44.0. The Labute approximate surface area is 223 Å². The van der Waals surface area contributed by atoms with Crippen LogP contribution in [0.3, 0.4) is 0 Å². The monoisotopic (exact) mass is 520 g/mol. The van der Waals surface area contributed by atoms with Gasteiger partial charge < -0.3 is 29.9 Å². The Kier molecular flexibility index (Phi) is 6.63. The van der Waals surface area contributed by atoms with Crippen LogP contribution in [-0.2, 0) is 9.47 Å². The Bertz CT molecular complexity index is 923. The molecule has 0 bridgehead atoms. The molecular weight excluding hydrogens is 468 g/mol. The van der Waals surface area contributed by atoms with Crippen LogP contribution in [0.1, 0.15) is 93.4 Å². The van der Waals surface area contributed by atoms with Gasteiger partial charge in [-0.2, -0.15) is 0 Å². The van der Waals surface area contributed by atoms with E-state index in [1.807, 2.05) is 0 Å². The van der Waals surface area contributed by atoms with Gasteiger partial charge in [0.05, 0.1) is 23.9 Å². The highest BCUT2D eigenvalue weighted by molar-refractivity contribution is 5.36. The second-order valence-corrected chi connectivity index (χ2v) is 15.2. The maximum Gasteiger partial charge on any atom is 0.160 e. The second kappa shape index (κ2) is 8.75. The van der Waals surface area contributed by atoms with Gasteiger partial charge in [0.1, 0.15) is 6.10 Å². The van der Waals surface area contributed by atoms with Crippen molar-refractivity contribution in [2.75, 3.05) is 7.11 Å². The van der Waals surface area contributed by atoms with Crippen LogP contribution in [0.15, 0.2) is 11.6 Å². The molecule has 0 unspecified atom stereocenters. The lowest BCUT2D eigenvalue weighted by Gasteiger charge is -2.68. The smallest absolute Gasteiger partial charge is 0.160 e. The second-order valence-electron chi connectivity index (χ2n) is 15.2. The zero-order chi connectivity index (χ0) is 27.3. The minimum absolute atomic E-state index is 0.0709. The molecule has 12 atom stereocenters. The minimum atomic E-state index is -1.24. The van der Waals surface area contributed by atoms with E-state index in [1.54, 1.807) is 21.0 Å². The van der Waals surface area contributed by atoms with Crippen molar-refractivity contribution in [2.45, 2.75) is 130 Å². The van der Waals surface area contributed by atoms with Crippen LogP contribution in [0, 0.1) is 45.3 Å². The lowest BCUT2D eigenvalue weighted by Crippen LogP contribution is -2.65. The summed E-state index contributed by atoms with van der Waals surface area (Å²) in [5.74, 6) is 1.08. The van der Waals surface area contributed by atoms with Crippen molar-refractivity contribution >= 4 is 0 Å². The van der Waals surface area contributed by atoms with Crippen molar-refractivity contribution in [1.29, 1.82) is 0 Å². The molecule has 1 saturated heterocycles. The summed E-state index contributed by atoms with van der Waals surface area (Å²) in [5.41, 5.74) is -0.307. The van der Waals surface area contributed by atoms with E-state index in [0.717, 1.165) is 38.5 Å². The zero-order valence-electron chi connectivity index (χ0n) is 24.3. The highest BCUT2D eigenvalue weighted by atomic mass is 16.7. The first-order valence-corrected chi connectivity index (χ1v) is 14.7. The van der Waals surface area contributed by atoms with Crippen LogP contribution < -0.4 is 0 Å². The molecule has 4 fully saturated rings. The van der Waals surface area contributed by atoms with E-state index in [1.165, 1.54) is 5.57 Å². The van der Waals surface area contributed by atoms with Gasteiger partial charge in [-0.05, 0) is 92.8 Å². The maximum absolute atomic E-state index is 11.9. The Morgan fingerprint density at radius 1 is 1.00 bits per heavy atom. The number of aliphatic hydroxyl groups excluding tert-OH is 3. The summed E-state index contributed by atoms with van der Waals surface area (Å²) in [6.45, 7) is 14.8. The molecule has 6 nitrogen and oxygen atoms in total. The number of aliphatic hydroxyl groups is 4. The SMILES string of the molecule is CO[C@H]1O[C@@H]([C@H](O)C(C)(C)O)C[C@@H]1[C@@H]1CC=C2[C@]3(C)[C@H](O)C[C@H]4C(C)(C)[C@H](O)CC[C@]4(C)[C@H]3CC[C@]21C. The van der Waals surface area contributed by atoms with Crippen molar-refractivity contribution in [2.24, 2.45) is 45.3 Å². The molecule has 1 aliphatic heterocycles. The number of allylic oxidation sites excluding steroid dienone is 1. The van der Waals surface area contributed by atoms with Crippen molar-refractivity contribution in [3.05, 3.63) is 11.6 Å². The highest BCUT2D eigenvalue weighted by Gasteiger charge is 2.68. The van der Waals surface area contributed by atoms with Gasteiger partial charge in [0.25, 0.3) is 0 Å². The Balaban J connectivity index is 1.45. The van der Waals surface area contributed by atoms with Gasteiger partial charge >= 0.3 is 0 Å². The van der Waals surface area contributed by atoms with Gasteiger partial charge in [-0.15, -0.1) is 0 Å². The molecule has 0 aromatic rings. The van der Waals surface area contributed by atoms with Gasteiger partial charge in [-0.3, -0.25) is 0 Å². The van der Waals surface area contributed by atoms with E-state index < -0.39 is 30.2 Å². The van der Waals surface area contributed by atoms with Crippen LogP contribution in [0.2, 0.25) is 0 Å². The zero-order valence-corrected chi connectivity index (χ0v) is 24.3. The van der Waals surface area contributed by atoms with Gasteiger partial charge in [-0.25, -0.2) is 0 Å². The quantitative estimate of drug-likeness (QED) is 0.409. The Hall–Kier alpha value is -0.500. The molecule has 6 heteroatoms. The third kappa shape index (κ3) is 3.79. The number of hydrogen-bond donors (Lipinski definition) is 4. The molecule has 3 saturated carbocycles. The number of hydrogen-bond acceptors (Lipinski definition) is 6. The van der Waals surface area contributed by atoms with E-state index in [2.05, 4.69) is 40.7 Å². The van der Waals surface area contributed by atoms with Crippen LogP contribution in [-0.4, -0.2) is 63.8 Å². The van der Waals surface area contributed by atoms with E-state index >= 15 is 0 Å². The van der Waals surface area contributed by atoms with Gasteiger partial charge in [-0.1, -0.05) is 46.3 Å². The molecule has 0 amide bonds. The molecule has 5 aliphatic rings. The standard InChI is InChI=1S/C31H52O6/c1-27(2)22-16-24(33)31(7)20-10-9-18(17-15-19(37-26(17)36-8)25(34)28(3,4)35)29(20,5)13-11-21(31)30(22,6)14-12-23(27)32/h10,17-19,21-26,32-35H,9,11-16H2,1-8H3/t17-,18+,19-,21-,22+,23-,24-,25+,26+,29+,30-,31+/m1/s1. The first-order valence-electron chi connectivity index (χ1n) is 14.7. The number of methoxy groups -OCH3 is 1. The van der Waals surface area contributed by atoms with E-state index in [-0.39, 0.29) is 33.7 Å². The van der Waals surface area contributed by atoms with Gasteiger partial charge in [0, 0.05) is 18.4 Å². The lowest BCUT2D eigenvalue weighted by atomic mass is 9.37. The fourth-order valence-corrected chi connectivity index (χ4v) is 10.6. The summed E-state index contributed by atoms with van der Waals surface area (Å²) in [6.07, 6.45) is 6.10. The molecule has 0 aromatic heterocycles. The summed E-state index contributed by atoms with van der Waals surface area (Å²) in [7, 11) is 1.67. The van der Waals surface area contributed by atoms with Gasteiger partial charge in [0.15, 0.2) is 6.29 Å². The van der Waals surface area contributed by atoms with Crippen molar-refractivity contribution in [3.8, 4) is 0 Å². The molecule has 4 N–H and O–H groups in total. The van der Waals surface area contributed by atoms with Crippen molar-refractivity contribution in [3.63, 3.8) is 0 Å². The highest BCUT2D eigenvalue weighted by Crippen LogP contribution is 2.73. The van der Waals surface area contributed by atoms with Crippen molar-refractivity contribution < 1.29 is 29.9 Å². The summed E-state index contributed by atoms with van der Waals surface area (Å²) in [4.78, 5) is 0. The Morgan fingerprint density at radius 2 is 1.68 bits per heavy atom. The third-order valence-corrected chi connectivity index (χ3v) is 12.7. The largest absolute Gasteiger partial charge is 0.393 e. The summed E-state index contributed by atoms with van der Waals surface area (Å²) in [6, 6.07) is 0. The molecule has 0 spiro atoms. The van der Waals surface area contributed by atoms with E-state index in [4.69, 9.17) is 9.47 Å². The van der Waals surface area contributed by atoms with E-state index in [0.29, 0.717) is 24.2 Å². The predicted octanol–water partition coefficient (Wildman–Crippen LogP) is 4.43. The summed E-state index contributed by atoms with van der Waals surface area (Å²) < 4.78 is 12.0. The van der Waals surface area contributed by atoms with Crippen LogP contribution in [0.5, 0.6) is 0 Å². The normalized spacial score (nSPS) is 52.2. The van der Waals surface area contributed by atoms with Crippen LogP contribution in [0.4, 0.5) is 0 Å². The molecule has 0 aromatic carbocycles. The average molecular weight is 521 g/mol. The van der Waals surface area contributed by atoms with Crippen LogP contribution >= 0.6 is 0 Å². The predicted molar refractivity (Wildman–Crippen MR) is 142 cm³/mol. The fourth-order valence-electron chi connectivity index (χ4n) is 10.6. The topological polar surface area (TPSA) is 99.4 Å². The number of rotatable bonds is 4. The molecule has 4 aliphatic carbocycles. The number of ether oxygens (including phenoxy) is 2. The average Bonchev–Trinajstić information content (AvgIpc) is 3.38. The minimum Gasteiger partial charge on any atom is -0.393 e. The summed E-state index contributed by atoms with van der Waals surface area (Å²) >= 11 is 0. The maximum atomic E-state index is 11.9. The molecule has 212 valence electrons. The molecule has 1 heterocycles. The van der Waals surface area contributed by atoms with Crippen LogP contribution in [0.25, 0.3) is 0 Å². The molecule has 37 heavy (non-hydrogen) atoms. The lowest BCUT2D eigenvalue weighted by molar-refractivity contribution is -0.214. The first kappa shape index (κ1) is 28.0. The molecule has 5 rings (SSSR count). The number of fused-ring (bicyclic) bond motifs is 5. The molecule has 0 radical (unpaired) electrons. The van der Waals surface area contributed by atoms with Gasteiger partial charge in [0.2, 0.25) is 0 Å². The molecular formula is C31H52O6. The third-order valence-electron chi connectivity index (χ3n) is 12.7. The van der Waals surface area contributed by atoms with Crippen molar-refractivity contribution in [1.82, 2.24) is 0 Å². The Morgan fingerprint density at radius 3 is 2.30 bits per heavy atom.